The topological polar surface area (TPSA) is 93.7 Å². The molecule has 0 fully saturated rings. The van der Waals surface area contributed by atoms with Crippen LogP contribution in [0.25, 0.3) is 0 Å². The number of urea groups is 1. The Morgan fingerprint density at radius 1 is 1.28 bits per heavy atom. The quantitative estimate of drug-likeness (QED) is 0.727. The van der Waals surface area contributed by atoms with E-state index in [1.54, 1.807) is 26.0 Å². The monoisotopic (exact) mass is 410 g/mol. The molecule has 0 saturated heterocycles. The molecule has 0 unspecified atom stereocenters. The molecule has 1 heterocycles. The molecule has 1 aliphatic rings. The van der Waals surface area contributed by atoms with E-state index in [2.05, 4.69) is 26.6 Å². The maximum absolute atomic E-state index is 12.6. The summed E-state index contributed by atoms with van der Waals surface area (Å²) in [5.41, 5.74) is 1.32. The van der Waals surface area contributed by atoms with E-state index in [0.29, 0.717) is 11.3 Å². The van der Waals surface area contributed by atoms with Crippen LogP contribution in [0, 0.1) is 0 Å². The molecule has 7 nitrogen and oxygen atoms in total. The predicted octanol–water partition coefficient (Wildman–Crippen LogP) is 2.57. The Kier molecular flexibility index (Phi) is 6.19. The fraction of sp³-hybridized carbons (Fsp3) is 0.353. The highest BCUT2D eigenvalue weighted by molar-refractivity contribution is 9.10. The summed E-state index contributed by atoms with van der Waals surface area (Å²) >= 11 is 3.35. The second-order valence-corrected chi connectivity index (χ2v) is 6.34. The third-order valence-electron chi connectivity index (χ3n) is 3.59. The van der Waals surface area contributed by atoms with Gasteiger partial charge in [-0.05, 0) is 38.5 Å². The van der Waals surface area contributed by atoms with Crippen LogP contribution in [0.4, 0.5) is 4.79 Å². The SMILES string of the molecule is CCOC(=O)[C@H](C)OC(=O)C1=C(C)NC(=O)N[C@H]1c1ccc(Br)cc1. The van der Waals surface area contributed by atoms with Gasteiger partial charge in [0.25, 0.3) is 0 Å². The number of carbonyl (C=O) groups excluding carboxylic acids is 3. The molecule has 0 bridgehead atoms. The second-order valence-electron chi connectivity index (χ2n) is 5.42. The summed E-state index contributed by atoms with van der Waals surface area (Å²) in [5.74, 6) is -1.32. The zero-order valence-electron chi connectivity index (χ0n) is 14.1. The molecule has 0 spiro atoms. The number of halogens is 1. The highest BCUT2D eigenvalue weighted by atomic mass is 79.9. The maximum atomic E-state index is 12.6. The number of hydrogen-bond donors (Lipinski definition) is 2. The molecule has 0 aromatic heterocycles. The van der Waals surface area contributed by atoms with Gasteiger partial charge in [-0.15, -0.1) is 0 Å². The normalized spacial score (nSPS) is 18.1. The lowest BCUT2D eigenvalue weighted by Crippen LogP contribution is -2.45. The van der Waals surface area contributed by atoms with Crippen molar-refractivity contribution in [2.45, 2.75) is 32.9 Å². The molecule has 1 aliphatic heterocycles. The van der Waals surface area contributed by atoms with E-state index in [0.717, 1.165) is 4.47 Å². The minimum absolute atomic E-state index is 0.196. The number of benzene rings is 1. The van der Waals surface area contributed by atoms with Crippen molar-refractivity contribution < 1.29 is 23.9 Å². The van der Waals surface area contributed by atoms with Gasteiger partial charge in [-0.3, -0.25) is 0 Å². The number of rotatable bonds is 5. The van der Waals surface area contributed by atoms with Crippen LogP contribution in [-0.4, -0.2) is 30.7 Å². The summed E-state index contributed by atoms with van der Waals surface area (Å²) in [6, 6.07) is 6.10. The van der Waals surface area contributed by atoms with Crippen molar-refractivity contribution in [1.82, 2.24) is 10.6 Å². The summed E-state index contributed by atoms with van der Waals surface area (Å²) < 4.78 is 10.9. The number of nitrogens with one attached hydrogen (secondary N) is 2. The summed E-state index contributed by atoms with van der Waals surface area (Å²) in [5, 5.41) is 5.25. The largest absolute Gasteiger partial charge is 0.463 e. The van der Waals surface area contributed by atoms with Crippen LogP contribution >= 0.6 is 15.9 Å². The van der Waals surface area contributed by atoms with Gasteiger partial charge in [0, 0.05) is 10.2 Å². The Balaban J connectivity index is 2.28. The number of hydrogen-bond acceptors (Lipinski definition) is 5. The second kappa shape index (κ2) is 8.15. The summed E-state index contributed by atoms with van der Waals surface area (Å²) in [4.78, 5) is 36.1. The number of amides is 2. The van der Waals surface area contributed by atoms with Crippen molar-refractivity contribution in [3.63, 3.8) is 0 Å². The van der Waals surface area contributed by atoms with Crippen LogP contribution in [0.1, 0.15) is 32.4 Å². The van der Waals surface area contributed by atoms with E-state index in [-0.39, 0.29) is 12.2 Å². The number of ether oxygens (including phenoxy) is 2. The Hall–Kier alpha value is -2.35. The van der Waals surface area contributed by atoms with E-state index in [4.69, 9.17) is 9.47 Å². The lowest BCUT2D eigenvalue weighted by Gasteiger charge is -2.28. The first-order valence-corrected chi connectivity index (χ1v) is 8.54. The summed E-state index contributed by atoms with van der Waals surface area (Å²) in [7, 11) is 0. The minimum Gasteiger partial charge on any atom is -0.463 e. The molecule has 0 radical (unpaired) electrons. The molecule has 1 aromatic carbocycles. The number of carbonyl (C=O) groups is 3. The van der Waals surface area contributed by atoms with Crippen LogP contribution in [0.2, 0.25) is 0 Å². The highest BCUT2D eigenvalue weighted by Crippen LogP contribution is 2.28. The van der Waals surface area contributed by atoms with E-state index >= 15 is 0 Å². The number of esters is 2. The zero-order valence-corrected chi connectivity index (χ0v) is 15.7. The molecular weight excluding hydrogens is 392 g/mol. The van der Waals surface area contributed by atoms with Crippen molar-refractivity contribution in [3.05, 3.63) is 45.6 Å². The highest BCUT2D eigenvalue weighted by Gasteiger charge is 2.33. The van der Waals surface area contributed by atoms with Crippen molar-refractivity contribution >= 4 is 33.9 Å². The van der Waals surface area contributed by atoms with Crippen molar-refractivity contribution in [1.29, 1.82) is 0 Å². The minimum atomic E-state index is -1.05. The van der Waals surface area contributed by atoms with E-state index in [9.17, 15) is 14.4 Å². The molecule has 134 valence electrons. The van der Waals surface area contributed by atoms with Gasteiger partial charge in [-0.2, -0.15) is 0 Å². The van der Waals surface area contributed by atoms with Crippen LogP contribution in [0.3, 0.4) is 0 Å². The number of allylic oxidation sites excluding steroid dienone is 1. The maximum Gasteiger partial charge on any atom is 0.347 e. The molecule has 2 rings (SSSR count). The van der Waals surface area contributed by atoms with Gasteiger partial charge in [-0.1, -0.05) is 28.1 Å². The van der Waals surface area contributed by atoms with E-state index < -0.39 is 30.1 Å². The summed E-state index contributed by atoms with van der Waals surface area (Å²) in [6.45, 7) is 4.91. The Morgan fingerprint density at radius 3 is 2.52 bits per heavy atom. The van der Waals surface area contributed by atoms with Crippen LogP contribution < -0.4 is 10.6 Å². The molecule has 0 saturated carbocycles. The first-order chi connectivity index (χ1) is 11.8. The van der Waals surface area contributed by atoms with Gasteiger partial charge >= 0.3 is 18.0 Å². The lowest BCUT2D eigenvalue weighted by molar-refractivity contribution is -0.164. The Morgan fingerprint density at radius 2 is 1.92 bits per heavy atom. The standard InChI is InChI=1S/C17H19BrN2O5/c1-4-24-15(21)10(3)25-16(22)13-9(2)19-17(23)20-14(13)11-5-7-12(18)8-6-11/h5-8,10,14H,4H2,1-3H3,(H2,19,20,23)/t10-,14-/m0/s1. The third kappa shape index (κ3) is 4.60. The van der Waals surface area contributed by atoms with Crippen molar-refractivity contribution in [2.24, 2.45) is 0 Å². The fourth-order valence-corrected chi connectivity index (χ4v) is 2.67. The fourth-order valence-electron chi connectivity index (χ4n) is 2.40. The van der Waals surface area contributed by atoms with Crippen molar-refractivity contribution in [2.75, 3.05) is 6.61 Å². The molecule has 2 atom stereocenters. The molecule has 2 N–H and O–H groups in total. The molecule has 25 heavy (non-hydrogen) atoms. The third-order valence-corrected chi connectivity index (χ3v) is 4.12. The van der Waals surface area contributed by atoms with Crippen LogP contribution in [0.5, 0.6) is 0 Å². The average Bonchev–Trinajstić information content (AvgIpc) is 2.54. The van der Waals surface area contributed by atoms with Gasteiger partial charge in [-0.25, -0.2) is 14.4 Å². The zero-order chi connectivity index (χ0) is 18.6. The summed E-state index contributed by atoms with van der Waals surface area (Å²) in [6.07, 6.45) is -1.05. The smallest absolute Gasteiger partial charge is 0.347 e. The lowest BCUT2D eigenvalue weighted by atomic mass is 9.95. The molecule has 1 aromatic rings. The van der Waals surface area contributed by atoms with Gasteiger partial charge in [0.2, 0.25) is 0 Å². The van der Waals surface area contributed by atoms with Crippen LogP contribution in [0.15, 0.2) is 40.0 Å². The Bertz CT molecular complexity index is 714. The molecule has 8 heteroatoms. The predicted molar refractivity (Wildman–Crippen MR) is 93.4 cm³/mol. The van der Waals surface area contributed by atoms with Gasteiger partial charge in [0.05, 0.1) is 18.2 Å². The van der Waals surface area contributed by atoms with Gasteiger partial charge < -0.3 is 20.1 Å². The average molecular weight is 411 g/mol. The van der Waals surface area contributed by atoms with Crippen molar-refractivity contribution in [3.8, 4) is 0 Å². The molecule has 0 aliphatic carbocycles. The first kappa shape index (κ1) is 19.0. The molecular formula is C17H19BrN2O5. The first-order valence-electron chi connectivity index (χ1n) is 7.74. The van der Waals surface area contributed by atoms with Gasteiger partial charge in [0.15, 0.2) is 6.10 Å². The Labute approximate surface area is 153 Å². The van der Waals surface area contributed by atoms with Crippen LogP contribution in [-0.2, 0) is 19.1 Å². The van der Waals surface area contributed by atoms with E-state index in [1.165, 1.54) is 6.92 Å². The molecule has 2 amide bonds. The van der Waals surface area contributed by atoms with Gasteiger partial charge in [0.1, 0.15) is 0 Å². The van der Waals surface area contributed by atoms with E-state index in [1.807, 2.05) is 12.1 Å².